The van der Waals surface area contributed by atoms with Gasteiger partial charge in [0, 0.05) is 10.8 Å². The molecule has 0 radical (unpaired) electrons. The maximum Gasteiger partial charge on any atom is 0.242 e. The highest BCUT2D eigenvalue weighted by Gasteiger charge is 2.19. The molecule has 2 aromatic rings. The van der Waals surface area contributed by atoms with E-state index in [1.54, 1.807) is 0 Å². The standard InChI is InChI=1S/2C7H9N3OS/c2*1-7(2,3)5-9-10-6(12-5)8-4-11/h2*1-3H3. The van der Waals surface area contributed by atoms with Crippen molar-refractivity contribution in [2.24, 2.45) is 9.98 Å². The van der Waals surface area contributed by atoms with Crippen LogP contribution in [0.5, 0.6) is 0 Å². The summed E-state index contributed by atoms with van der Waals surface area (Å²) < 4.78 is 0. The largest absolute Gasteiger partial charge is 0.242 e. The molecule has 0 saturated carbocycles. The van der Waals surface area contributed by atoms with Gasteiger partial charge in [-0.25, -0.2) is 9.59 Å². The van der Waals surface area contributed by atoms with Gasteiger partial charge in [0.15, 0.2) is 0 Å². The van der Waals surface area contributed by atoms with Crippen molar-refractivity contribution in [2.45, 2.75) is 52.4 Å². The summed E-state index contributed by atoms with van der Waals surface area (Å²) in [5.41, 5.74) is -0.0668. The van der Waals surface area contributed by atoms with Crippen LogP contribution >= 0.6 is 22.7 Å². The highest BCUT2D eigenvalue weighted by molar-refractivity contribution is 7.15. The smallest absolute Gasteiger partial charge is 0.211 e. The van der Waals surface area contributed by atoms with Gasteiger partial charge in [-0.3, -0.25) is 0 Å². The quantitative estimate of drug-likeness (QED) is 0.593. The van der Waals surface area contributed by atoms with E-state index >= 15 is 0 Å². The highest BCUT2D eigenvalue weighted by atomic mass is 32.1. The first-order chi connectivity index (χ1) is 11.1. The minimum absolute atomic E-state index is 0.0334. The zero-order chi connectivity index (χ0) is 18.4. The lowest BCUT2D eigenvalue weighted by Gasteiger charge is -2.11. The molecule has 0 aliphatic rings. The van der Waals surface area contributed by atoms with Gasteiger partial charge in [0.2, 0.25) is 22.4 Å². The third kappa shape index (κ3) is 6.17. The van der Waals surface area contributed by atoms with Crippen LogP contribution in [0.15, 0.2) is 9.98 Å². The van der Waals surface area contributed by atoms with Gasteiger partial charge in [0.05, 0.1) is 0 Å². The van der Waals surface area contributed by atoms with E-state index in [4.69, 9.17) is 0 Å². The van der Waals surface area contributed by atoms with Gasteiger partial charge in [-0.05, 0) is 0 Å². The molecule has 0 atom stereocenters. The van der Waals surface area contributed by atoms with Crippen molar-refractivity contribution >= 4 is 45.1 Å². The summed E-state index contributed by atoms with van der Waals surface area (Å²) in [7, 11) is 0. The van der Waals surface area contributed by atoms with Crippen LogP contribution in [0.4, 0.5) is 10.3 Å². The Balaban J connectivity index is 0.000000240. The zero-order valence-corrected chi connectivity index (χ0v) is 15.9. The molecule has 8 nitrogen and oxygen atoms in total. The number of isocyanates is 2. The molecule has 24 heavy (non-hydrogen) atoms. The molecule has 0 aliphatic heterocycles. The number of rotatable bonds is 2. The lowest BCUT2D eigenvalue weighted by molar-refractivity contribution is 0.564. The van der Waals surface area contributed by atoms with Crippen molar-refractivity contribution in [2.75, 3.05) is 0 Å². The molecule has 0 spiro atoms. The fourth-order valence-corrected chi connectivity index (χ4v) is 2.66. The molecule has 0 fully saturated rings. The number of aromatic nitrogens is 4. The van der Waals surface area contributed by atoms with Gasteiger partial charge >= 0.3 is 0 Å². The fraction of sp³-hybridized carbons (Fsp3) is 0.571. The first kappa shape index (κ1) is 19.9. The summed E-state index contributed by atoms with van der Waals surface area (Å²) in [4.78, 5) is 26.5. The summed E-state index contributed by atoms with van der Waals surface area (Å²) in [5, 5.41) is 17.7. The van der Waals surface area contributed by atoms with E-state index in [9.17, 15) is 9.59 Å². The zero-order valence-electron chi connectivity index (χ0n) is 14.3. The van der Waals surface area contributed by atoms with Crippen LogP contribution in [0.1, 0.15) is 51.6 Å². The van der Waals surface area contributed by atoms with Crippen molar-refractivity contribution in [1.82, 2.24) is 20.4 Å². The molecule has 128 valence electrons. The number of hydrogen-bond donors (Lipinski definition) is 0. The van der Waals surface area contributed by atoms with Gasteiger partial charge in [-0.1, -0.05) is 64.2 Å². The normalized spacial score (nSPS) is 10.9. The van der Waals surface area contributed by atoms with Crippen LogP contribution in [0.2, 0.25) is 0 Å². The van der Waals surface area contributed by atoms with Crippen LogP contribution in [-0.2, 0) is 20.4 Å². The Morgan fingerprint density at radius 3 is 1.25 bits per heavy atom. The minimum Gasteiger partial charge on any atom is -0.211 e. The Morgan fingerprint density at radius 2 is 1.04 bits per heavy atom. The van der Waals surface area contributed by atoms with Crippen molar-refractivity contribution in [3.63, 3.8) is 0 Å². The molecular formula is C14H18N6O2S2. The second-order valence-electron chi connectivity index (χ2n) is 6.69. The first-order valence-electron chi connectivity index (χ1n) is 6.91. The second kappa shape index (κ2) is 8.12. The highest BCUT2D eigenvalue weighted by Crippen LogP contribution is 2.29. The number of carbonyl (C=O) groups excluding carboxylic acids is 2. The van der Waals surface area contributed by atoms with Gasteiger partial charge in [0.1, 0.15) is 10.0 Å². The SMILES string of the molecule is CC(C)(C)c1nnc(N=C=O)s1.CC(C)(C)c1nnc(N=C=O)s1. The summed E-state index contributed by atoms with van der Waals surface area (Å²) >= 11 is 2.63. The average Bonchev–Trinajstić information content (AvgIpc) is 3.08. The molecule has 2 aromatic heterocycles. The van der Waals surface area contributed by atoms with Crippen LogP contribution in [0.25, 0.3) is 0 Å². The Bertz CT molecular complexity index is 706. The molecular weight excluding hydrogens is 348 g/mol. The predicted molar refractivity (Wildman–Crippen MR) is 92.8 cm³/mol. The third-order valence-corrected chi connectivity index (χ3v) is 4.88. The van der Waals surface area contributed by atoms with Crippen molar-refractivity contribution in [3.05, 3.63) is 10.0 Å². The van der Waals surface area contributed by atoms with E-state index < -0.39 is 0 Å². The minimum atomic E-state index is -0.0334. The monoisotopic (exact) mass is 366 g/mol. The van der Waals surface area contributed by atoms with Crippen molar-refractivity contribution in [3.8, 4) is 0 Å². The van der Waals surface area contributed by atoms with E-state index in [1.165, 1.54) is 34.8 Å². The van der Waals surface area contributed by atoms with Gasteiger partial charge in [-0.2, -0.15) is 0 Å². The summed E-state index contributed by atoms with van der Waals surface area (Å²) in [5.74, 6) is 0. The topological polar surface area (TPSA) is 110 Å². The predicted octanol–water partition coefficient (Wildman–Crippen LogP) is 3.61. The maximum atomic E-state index is 9.88. The molecule has 0 saturated heterocycles. The van der Waals surface area contributed by atoms with Gasteiger partial charge < -0.3 is 0 Å². The Hall–Kier alpha value is -2.12. The van der Waals surface area contributed by atoms with Crippen LogP contribution in [0.3, 0.4) is 0 Å². The molecule has 0 bridgehead atoms. The Kier molecular flexibility index (Phi) is 6.74. The molecule has 2 rings (SSSR count). The van der Waals surface area contributed by atoms with Gasteiger partial charge in [0.25, 0.3) is 0 Å². The maximum absolute atomic E-state index is 9.88. The van der Waals surface area contributed by atoms with Crippen molar-refractivity contribution < 1.29 is 9.59 Å². The molecule has 2 heterocycles. The molecule has 0 unspecified atom stereocenters. The summed E-state index contributed by atoms with van der Waals surface area (Å²) in [6.45, 7) is 12.2. The first-order valence-corrected chi connectivity index (χ1v) is 8.55. The van der Waals surface area contributed by atoms with E-state index in [-0.39, 0.29) is 10.8 Å². The van der Waals surface area contributed by atoms with E-state index in [1.807, 2.05) is 41.5 Å². The number of nitrogens with zero attached hydrogens (tertiary/aromatic N) is 6. The number of aliphatic imine (C=N–C) groups is 2. The van der Waals surface area contributed by atoms with E-state index in [0.29, 0.717) is 10.3 Å². The van der Waals surface area contributed by atoms with Crippen LogP contribution in [-0.4, -0.2) is 32.6 Å². The lowest BCUT2D eigenvalue weighted by atomic mass is 9.98. The molecule has 0 N–H and O–H groups in total. The molecule has 0 amide bonds. The van der Waals surface area contributed by atoms with Crippen LogP contribution < -0.4 is 0 Å². The number of hydrogen-bond acceptors (Lipinski definition) is 10. The second-order valence-corrected chi connectivity index (χ2v) is 8.60. The summed E-state index contributed by atoms with van der Waals surface area (Å²) in [6, 6.07) is 0. The van der Waals surface area contributed by atoms with Gasteiger partial charge in [-0.15, -0.1) is 30.4 Å². The fourth-order valence-electron chi connectivity index (χ4n) is 1.21. The summed E-state index contributed by atoms with van der Waals surface area (Å²) in [6.07, 6.45) is 2.86. The van der Waals surface area contributed by atoms with E-state index in [0.717, 1.165) is 10.0 Å². The Labute approximate surface area is 147 Å². The van der Waals surface area contributed by atoms with Crippen LogP contribution in [0, 0.1) is 0 Å². The molecule has 0 aromatic carbocycles. The molecule has 10 heteroatoms. The van der Waals surface area contributed by atoms with Crippen molar-refractivity contribution in [1.29, 1.82) is 0 Å². The third-order valence-electron chi connectivity index (χ3n) is 2.39. The van der Waals surface area contributed by atoms with E-state index in [2.05, 4.69) is 30.4 Å². The lowest BCUT2D eigenvalue weighted by Crippen LogP contribution is -2.10. The average molecular weight is 366 g/mol. The molecule has 0 aliphatic carbocycles. The Morgan fingerprint density at radius 1 is 0.708 bits per heavy atom.